The van der Waals surface area contributed by atoms with Gasteiger partial charge in [0.25, 0.3) is 10.0 Å². The standard InChI is InChI=1S/C17H22N2O3S3/c1-13-5-7-14(8-6-13)12-18-17(20)15(9-11-23-2)19-25(21,22)16-4-3-10-24-16/h3-8,10,15,19H,9,11-12H2,1-2H3,(H,18,20)/t15-/m0/s1. The average Bonchev–Trinajstić information content (AvgIpc) is 3.13. The topological polar surface area (TPSA) is 75.3 Å². The molecular weight excluding hydrogens is 376 g/mol. The van der Waals surface area contributed by atoms with E-state index in [1.54, 1.807) is 23.2 Å². The summed E-state index contributed by atoms with van der Waals surface area (Å²) in [5.41, 5.74) is 2.13. The molecule has 2 rings (SSSR count). The van der Waals surface area contributed by atoms with Crippen LogP contribution in [0.15, 0.2) is 46.0 Å². The van der Waals surface area contributed by atoms with Gasteiger partial charge in [-0.25, -0.2) is 8.42 Å². The Morgan fingerprint density at radius 2 is 1.96 bits per heavy atom. The van der Waals surface area contributed by atoms with E-state index in [4.69, 9.17) is 0 Å². The van der Waals surface area contributed by atoms with E-state index in [0.717, 1.165) is 22.5 Å². The molecule has 0 fully saturated rings. The van der Waals surface area contributed by atoms with Crippen molar-refractivity contribution in [1.29, 1.82) is 0 Å². The summed E-state index contributed by atoms with van der Waals surface area (Å²) >= 11 is 2.71. The number of thiophene rings is 1. The summed E-state index contributed by atoms with van der Waals surface area (Å²) < 4.78 is 27.5. The second-order valence-electron chi connectivity index (χ2n) is 5.59. The Labute approximate surface area is 157 Å². The van der Waals surface area contributed by atoms with Crippen LogP contribution >= 0.6 is 23.1 Å². The molecule has 1 atom stereocenters. The molecule has 136 valence electrons. The van der Waals surface area contributed by atoms with Crippen molar-refractivity contribution in [2.24, 2.45) is 0 Å². The van der Waals surface area contributed by atoms with E-state index in [2.05, 4.69) is 10.0 Å². The molecular formula is C17H22N2O3S3. The second kappa shape index (κ2) is 9.38. The molecule has 1 amide bonds. The number of benzene rings is 1. The molecule has 0 unspecified atom stereocenters. The van der Waals surface area contributed by atoms with Crippen LogP contribution in [0.5, 0.6) is 0 Å². The van der Waals surface area contributed by atoms with Crippen LogP contribution < -0.4 is 10.0 Å². The Morgan fingerprint density at radius 1 is 1.24 bits per heavy atom. The van der Waals surface area contributed by atoms with Gasteiger partial charge >= 0.3 is 0 Å². The second-order valence-corrected chi connectivity index (χ2v) is 9.46. The minimum Gasteiger partial charge on any atom is -0.351 e. The first kappa shape index (κ1) is 20.0. The highest BCUT2D eigenvalue weighted by molar-refractivity contribution is 7.98. The highest BCUT2D eigenvalue weighted by Crippen LogP contribution is 2.16. The van der Waals surface area contributed by atoms with E-state index in [0.29, 0.717) is 18.7 Å². The zero-order valence-corrected chi connectivity index (χ0v) is 16.6. The minimum atomic E-state index is -3.68. The number of hydrogen-bond donors (Lipinski definition) is 2. The molecule has 0 aliphatic heterocycles. The highest BCUT2D eigenvalue weighted by atomic mass is 32.2. The lowest BCUT2D eigenvalue weighted by molar-refractivity contribution is -0.122. The fourth-order valence-corrected chi connectivity index (χ4v) is 4.87. The monoisotopic (exact) mass is 398 g/mol. The van der Waals surface area contributed by atoms with Crippen LogP contribution in [0.3, 0.4) is 0 Å². The molecule has 2 aromatic rings. The third-order valence-electron chi connectivity index (χ3n) is 3.57. The Hall–Kier alpha value is -1.35. The van der Waals surface area contributed by atoms with Gasteiger partial charge < -0.3 is 5.32 Å². The summed E-state index contributed by atoms with van der Waals surface area (Å²) in [6, 6.07) is 10.3. The van der Waals surface area contributed by atoms with E-state index < -0.39 is 16.1 Å². The van der Waals surface area contributed by atoms with E-state index in [-0.39, 0.29) is 10.1 Å². The van der Waals surface area contributed by atoms with Crippen molar-refractivity contribution in [3.63, 3.8) is 0 Å². The van der Waals surface area contributed by atoms with Gasteiger partial charge in [0.1, 0.15) is 10.3 Å². The van der Waals surface area contributed by atoms with Crippen LogP contribution in [-0.4, -0.2) is 32.4 Å². The number of thioether (sulfide) groups is 1. The Morgan fingerprint density at radius 3 is 2.56 bits per heavy atom. The number of amides is 1. The van der Waals surface area contributed by atoms with Crippen molar-refractivity contribution in [2.75, 3.05) is 12.0 Å². The van der Waals surface area contributed by atoms with Gasteiger partial charge in [0.2, 0.25) is 5.91 Å². The maximum Gasteiger partial charge on any atom is 0.250 e. The fourth-order valence-electron chi connectivity index (χ4n) is 2.16. The number of hydrogen-bond acceptors (Lipinski definition) is 5. The van der Waals surface area contributed by atoms with Crippen LogP contribution in [0.4, 0.5) is 0 Å². The van der Waals surface area contributed by atoms with E-state index >= 15 is 0 Å². The molecule has 0 aliphatic rings. The number of carbonyl (C=O) groups is 1. The van der Waals surface area contributed by atoms with Gasteiger partial charge in [0.05, 0.1) is 0 Å². The molecule has 25 heavy (non-hydrogen) atoms. The SMILES string of the molecule is CSCC[C@H](NS(=O)(=O)c1cccs1)C(=O)NCc1ccc(C)cc1. The number of sulfonamides is 1. The van der Waals surface area contributed by atoms with Crippen LogP contribution in [0.2, 0.25) is 0 Å². The minimum absolute atomic E-state index is 0.216. The summed E-state index contributed by atoms with van der Waals surface area (Å²) in [5.74, 6) is 0.380. The van der Waals surface area contributed by atoms with Crippen molar-refractivity contribution in [3.05, 3.63) is 52.9 Å². The normalized spacial score (nSPS) is 12.7. The lowest BCUT2D eigenvalue weighted by Crippen LogP contribution is -2.46. The molecule has 1 heterocycles. The van der Waals surface area contributed by atoms with E-state index in [1.807, 2.05) is 37.4 Å². The predicted molar refractivity (Wildman–Crippen MR) is 104 cm³/mol. The zero-order valence-electron chi connectivity index (χ0n) is 14.2. The maximum absolute atomic E-state index is 12.5. The lowest BCUT2D eigenvalue weighted by atomic mass is 10.1. The molecule has 0 saturated heterocycles. The van der Waals surface area contributed by atoms with Gasteiger partial charge in [-0.15, -0.1) is 11.3 Å². The molecule has 0 spiro atoms. The lowest BCUT2D eigenvalue weighted by Gasteiger charge is -2.18. The van der Waals surface area contributed by atoms with Crippen LogP contribution in [-0.2, 0) is 21.4 Å². The summed E-state index contributed by atoms with van der Waals surface area (Å²) in [6.07, 6.45) is 2.36. The van der Waals surface area contributed by atoms with Crippen molar-refractivity contribution in [3.8, 4) is 0 Å². The first-order valence-corrected chi connectivity index (χ1v) is 11.6. The first-order valence-electron chi connectivity index (χ1n) is 7.80. The van der Waals surface area contributed by atoms with E-state index in [1.165, 1.54) is 6.07 Å². The largest absolute Gasteiger partial charge is 0.351 e. The molecule has 1 aromatic heterocycles. The third kappa shape index (κ3) is 6.14. The van der Waals surface area contributed by atoms with Crippen molar-refractivity contribution in [2.45, 2.75) is 30.1 Å². The average molecular weight is 399 g/mol. The molecule has 2 N–H and O–H groups in total. The van der Waals surface area contributed by atoms with Gasteiger partial charge in [-0.3, -0.25) is 4.79 Å². The molecule has 1 aromatic carbocycles. The number of carbonyl (C=O) groups excluding carboxylic acids is 1. The number of aryl methyl sites for hydroxylation is 1. The molecule has 5 nitrogen and oxygen atoms in total. The fraction of sp³-hybridized carbons (Fsp3) is 0.353. The number of nitrogens with one attached hydrogen (secondary N) is 2. The number of rotatable bonds is 9. The maximum atomic E-state index is 12.5. The van der Waals surface area contributed by atoms with Gasteiger partial charge in [0, 0.05) is 6.54 Å². The smallest absolute Gasteiger partial charge is 0.250 e. The Bertz CT molecular complexity index is 772. The predicted octanol–water partition coefficient (Wildman–Crippen LogP) is 2.77. The Balaban J connectivity index is 2.02. The van der Waals surface area contributed by atoms with Crippen LogP contribution in [0, 0.1) is 6.92 Å². The molecule has 0 saturated carbocycles. The van der Waals surface area contributed by atoms with Gasteiger partial charge in [-0.1, -0.05) is 35.9 Å². The van der Waals surface area contributed by atoms with Crippen molar-refractivity contribution in [1.82, 2.24) is 10.0 Å². The van der Waals surface area contributed by atoms with Crippen LogP contribution in [0.1, 0.15) is 17.5 Å². The molecule has 0 radical (unpaired) electrons. The summed E-state index contributed by atoms with van der Waals surface area (Å²) in [5, 5.41) is 4.52. The molecule has 0 bridgehead atoms. The quantitative estimate of drug-likeness (QED) is 0.681. The van der Waals surface area contributed by atoms with Gasteiger partial charge in [0.15, 0.2) is 0 Å². The zero-order chi connectivity index (χ0) is 18.3. The van der Waals surface area contributed by atoms with Crippen molar-refractivity contribution >= 4 is 39.0 Å². The molecule has 0 aliphatic carbocycles. The summed E-state index contributed by atoms with van der Waals surface area (Å²) in [4.78, 5) is 12.5. The summed E-state index contributed by atoms with van der Waals surface area (Å²) in [6.45, 7) is 2.37. The van der Waals surface area contributed by atoms with Crippen LogP contribution in [0.25, 0.3) is 0 Å². The third-order valence-corrected chi connectivity index (χ3v) is 7.08. The highest BCUT2D eigenvalue weighted by Gasteiger charge is 2.25. The van der Waals surface area contributed by atoms with Crippen molar-refractivity contribution < 1.29 is 13.2 Å². The first-order chi connectivity index (χ1) is 11.9. The van der Waals surface area contributed by atoms with E-state index in [9.17, 15) is 13.2 Å². The van der Waals surface area contributed by atoms with Gasteiger partial charge in [-0.2, -0.15) is 16.5 Å². The Kier molecular flexibility index (Phi) is 7.49. The van der Waals surface area contributed by atoms with Gasteiger partial charge in [-0.05, 0) is 42.4 Å². The molecule has 8 heteroatoms. The summed E-state index contributed by atoms with van der Waals surface area (Å²) in [7, 11) is -3.68.